The third kappa shape index (κ3) is 6.00. The summed E-state index contributed by atoms with van der Waals surface area (Å²) in [7, 11) is 1.67. The van der Waals surface area contributed by atoms with Crippen molar-refractivity contribution in [3.63, 3.8) is 0 Å². The molecular weight excluding hydrogens is 392 g/mol. The van der Waals surface area contributed by atoms with Gasteiger partial charge in [-0.1, -0.05) is 0 Å². The molecule has 0 radical (unpaired) electrons. The highest BCUT2D eigenvalue weighted by molar-refractivity contribution is 5.80. The van der Waals surface area contributed by atoms with Gasteiger partial charge in [0.2, 0.25) is 5.82 Å². The van der Waals surface area contributed by atoms with Crippen molar-refractivity contribution in [3.05, 3.63) is 28.4 Å². The molecular formula is C19H30N6O5. The van der Waals surface area contributed by atoms with Gasteiger partial charge in [-0.05, 0) is 13.0 Å². The minimum absolute atomic E-state index is 0.0288. The monoisotopic (exact) mass is 422 g/mol. The van der Waals surface area contributed by atoms with Crippen molar-refractivity contribution >= 4 is 17.5 Å². The zero-order valence-electron chi connectivity index (χ0n) is 17.5. The molecule has 2 fully saturated rings. The molecule has 30 heavy (non-hydrogen) atoms. The molecule has 0 bridgehead atoms. The fraction of sp³-hybridized carbons (Fsp3) is 0.684. The van der Waals surface area contributed by atoms with Crippen molar-refractivity contribution in [1.29, 1.82) is 0 Å². The van der Waals surface area contributed by atoms with E-state index in [2.05, 4.69) is 15.2 Å². The van der Waals surface area contributed by atoms with Gasteiger partial charge in [-0.25, -0.2) is 4.98 Å². The van der Waals surface area contributed by atoms with Gasteiger partial charge in [0, 0.05) is 51.6 Å². The van der Waals surface area contributed by atoms with Gasteiger partial charge < -0.3 is 29.3 Å². The Labute approximate surface area is 176 Å². The summed E-state index contributed by atoms with van der Waals surface area (Å²) in [5, 5.41) is 14.7. The van der Waals surface area contributed by atoms with Gasteiger partial charge in [-0.3, -0.25) is 15.1 Å². The first kappa shape index (κ1) is 22.2. The van der Waals surface area contributed by atoms with Crippen LogP contribution in [0.3, 0.4) is 0 Å². The lowest BCUT2D eigenvalue weighted by Crippen LogP contribution is -2.55. The first-order valence-electron chi connectivity index (χ1n) is 10.2. The minimum Gasteiger partial charge on any atom is -0.383 e. The number of hydrogen-bond acceptors (Lipinski definition) is 8. The molecule has 0 aliphatic carbocycles. The Morgan fingerprint density at radius 3 is 2.90 bits per heavy atom. The molecule has 1 aromatic rings. The Hall–Kier alpha value is -2.50. The summed E-state index contributed by atoms with van der Waals surface area (Å²) in [4.78, 5) is 24.0. The van der Waals surface area contributed by atoms with Gasteiger partial charge in [0.1, 0.15) is 6.10 Å². The number of nitrogens with zero attached hydrogens (tertiary/aromatic N) is 5. The Morgan fingerprint density at radius 2 is 2.23 bits per heavy atom. The van der Waals surface area contributed by atoms with Crippen molar-refractivity contribution in [2.45, 2.75) is 19.1 Å². The number of aliphatic imine (C=N–C) groups is 1. The van der Waals surface area contributed by atoms with Gasteiger partial charge in [-0.15, -0.1) is 0 Å². The largest absolute Gasteiger partial charge is 0.383 e. The van der Waals surface area contributed by atoms with Crippen LogP contribution in [0.2, 0.25) is 0 Å². The number of rotatable bonds is 7. The molecule has 0 aromatic carbocycles. The van der Waals surface area contributed by atoms with Crippen molar-refractivity contribution in [1.82, 2.24) is 15.2 Å². The number of pyridine rings is 1. The predicted octanol–water partition coefficient (Wildman–Crippen LogP) is 0.508. The highest BCUT2D eigenvalue weighted by Crippen LogP contribution is 2.25. The summed E-state index contributed by atoms with van der Waals surface area (Å²) in [5.74, 6) is 1.19. The van der Waals surface area contributed by atoms with Crippen LogP contribution in [0.1, 0.15) is 6.92 Å². The molecule has 2 unspecified atom stereocenters. The topological polar surface area (TPSA) is 115 Å². The number of ether oxygens (including phenoxy) is 3. The smallest absolute Gasteiger partial charge is 0.311 e. The fourth-order valence-corrected chi connectivity index (χ4v) is 3.48. The van der Waals surface area contributed by atoms with Crippen molar-refractivity contribution in [2.75, 3.05) is 71.2 Å². The number of hydrogen-bond donors (Lipinski definition) is 1. The summed E-state index contributed by atoms with van der Waals surface area (Å²) in [6.07, 6.45) is 1.53. The second-order valence-corrected chi connectivity index (χ2v) is 7.31. The van der Waals surface area contributed by atoms with E-state index < -0.39 is 0 Å². The standard InChI is InChI=1S/C19H30N6O5/c1-15(13-28-2)22-19(21-12-16-14-29-10-11-30-16)24-8-6-23(7-9-24)18-17(25(26)27)4-3-5-20-18/h3-5,15-16H,6-14H2,1-2H3,(H,21,22). The number of nitro groups is 1. The van der Waals surface area contributed by atoms with E-state index in [4.69, 9.17) is 19.2 Å². The zero-order chi connectivity index (χ0) is 21.3. The lowest BCUT2D eigenvalue weighted by Gasteiger charge is -2.37. The molecule has 166 valence electrons. The summed E-state index contributed by atoms with van der Waals surface area (Å²) in [6.45, 7) is 7.41. The Morgan fingerprint density at radius 1 is 1.43 bits per heavy atom. The highest BCUT2D eigenvalue weighted by Gasteiger charge is 2.26. The molecule has 2 saturated heterocycles. The summed E-state index contributed by atoms with van der Waals surface area (Å²) >= 11 is 0. The summed E-state index contributed by atoms with van der Waals surface area (Å²) in [6, 6.07) is 3.16. The molecule has 2 aliphatic rings. The molecule has 2 atom stereocenters. The van der Waals surface area contributed by atoms with Crippen LogP contribution in [0.25, 0.3) is 0 Å². The van der Waals surface area contributed by atoms with Crippen molar-refractivity contribution in [2.24, 2.45) is 4.99 Å². The van der Waals surface area contributed by atoms with E-state index in [-0.39, 0.29) is 22.8 Å². The van der Waals surface area contributed by atoms with E-state index in [0.29, 0.717) is 65.0 Å². The molecule has 1 N–H and O–H groups in total. The van der Waals surface area contributed by atoms with E-state index in [1.54, 1.807) is 19.4 Å². The molecule has 2 aliphatic heterocycles. The number of anilines is 1. The lowest BCUT2D eigenvalue weighted by atomic mass is 10.3. The fourth-order valence-electron chi connectivity index (χ4n) is 3.48. The minimum atomic E-state index is -0.387. The predicted molar refractivity (Wildman–Crippen MR) is 112 cm³/mol. The second kappa shape index (κ2) is 11.0. The Bertz CT molecular complexity index is 719. The Kier molecular flexibility index (Phi) is 8.17. The zero-order valence-corrected chi connectivity index (χ0v) is 17.5. The molecule has 3 heterocycles. The molecule has 11 heteroatoms. The average molecular weight is 422 g/mol. The van der Waals surface area contributed by atoms with E-state index in [1.807, 2.05) is 11.8 Å². The van der Waals surface area contributed by atoms with E-state index in [1.165, 1.54) is 6.07 Å². The van der Waals surface area contributed by atoms with Crippen LogP contribution >= 0.6 is 0 Å². The third-order valence-corrected chi connectivity index (χ3v) is 4.96. The van der Waals surface area contributed by atoms with Gasteiger partial charge in [0.25, 0.3) is 0 Å². The van der Waals surface area contributed by atoms with Gasteiger partial charge in [0.05, 0.1) is 37.9 Å². The average Bonchev–Trinajstić information content (AvgIpc) is 2.77. The van der Waals surface area contributed by atoms with E-state index in [0.717, 1.165) is 5.96 Å². The lowest BCUT2D eigenvalue weighted by molar-refractivity contribution is -0.384. The van der Waals surface area contributed by atoms with Crippen LogP contribution in [0.4, 0.5) is 11.5 Å². The number of nitrogens with one attached hydrogen (secondary N) is 1. The normalized spacial score (nSPS) is 21.4. The number of guanidine groups is 1. The summed E-state index contributed by atoms with van der Waals surface area (Å²) < 4.78 is 16.4. The highest BCUT2D eigenvalue weighted by atomic mass is 16.6. The SMILES string of the molecule is COCC(C)NC(=NCC1COCCO1)N1CCN(c2ncccc2[N+](=O)[O-])CC1. The maximum Gasteiger partial charge on any atom is 0.311 e. The van der Waals surface area contributed by atoms with Crippen LogP contribution in [-0.4, -0.2) is 99.2 Å². The van der Waals surface area contributed by atoms with Crippen LogP contribution in [0.5, 0.6) is 0 Å². The van der Waals surface area contributed by atoms with Crippen LogP contribution in [0.15, 0.2) is 23.3 Å². The van der Waals surface area contributed by atoms with Crippen LogP contribution in [0, 0.1) is 10.1 Å². The molecule has 0 amide bonds. The molecule has 0 spiro atoms. The first-order valence-corrected chi connectivity index (χ1v) is 10.2. The van der Waals surface area contributed by atoms with Gasteiger partial charge in [-0.2, -0.15) is 0 Å². The molecule has 0 saturated carbocycles. The maximum atomic E-state index is 11.3. The van der Waals surface area contributed by atoms with Crippen molar-refractivity contribution in [3.8, 4) is 0 Å². The second-order valence-electron chi connectivity index (χ2n) is 7.31. The first-order chi connectivity index (χ1) is 14.6. The van der Waals surface area contributed by atoms with Gasteiger partial charge in [0.15, 0.2) is 5.96 Å². The maximum absolute atomic E-state index is 11.3. The van der Waals surface area contributed by atoms with Crippen LogP contribution < -0.4 is 10.2 Å². The van der Waals surface area contributed by atoms with E-state index >= 15 is 0 Å². The number of methoxy groups -OCH3 is 1. The van der Waals surface area contributed by atoms with Crippen LogP contribution in [-0.2, 0) is 14.2 Å². The molecule has 11 nitrogen and oxygen atoms in total. The van der Waals surface area contributed by atoms with Crippen molar-refractivity contribution < 1.29 is 19.1 Å². The quantitative estimate of drug-likeness (QED) is 0.290. The molecule has 3 rings (SSSR count). The number of piperazine rings is 1. The third-order valence-electron chi connectivity index (χ3n) is 4.96. The van der Waals surface area contributed by atoms with Gasteiger partial charge >= 0.3 is 5.69 Å². The van der Waals surface area contributed by atoms with E-state index in [9.17, 15) is 10.1 Å². The number of aromatic nitrogens is 1. The molecule has 1 aromatic heterocycles. The summed E-state index contributed by atoms with van der Waals surface area (Å²) in [5.41, 5.74) is 0.0288. The Balaban J connectivity index is 1.65.